The molecule has 38 heavy (non-hydrogen) atoms. The highest BCUT2D eigenvalue weighted by molar-refractivity contribution is 5.69. The third-order valence-corrected chi connectivity index (χ3v) is 7.13. The zero-order valence-electron chi connectivity index (χ0n) is 25.2. The molecule has 0 fully saturated rings. The smallest absolute Gasteiger partial charge is 0.306 e. The highest BCUT2D eigenvalue weighted by Gasteiger charge is 2.11. The number of rotatable bonds is 29. The van der Waals surface area contributed by atoms with E-state index in [9.17, 15) is 9.59 Å². The highest BCUT2D eigenvalue weighted by atomic mass is 16.5. The quantitative estimate of drug-likeness (QED) is 0.0589. The summed E-state index contributed by atoms with van der Waals surface area (Å²) in [5.41, 5.74) is 0. The van der Waals surface area contributed by atoms with Crippen molar-refractivity contribution in [3.63, 3.8) is 0 Å². The normalized spacial score (nSPS) is 12.5. The number of allylic oxidation sites excluding steroid dienone is 3. The predicted molar refractivity (Wildman–Crippen MR) is 163 cm³/mol. The van der Waals surface area contributed by atoms with Gasteiger partial charge in [0.15, 0.2) is 0 Å². The van der Waals surface area contributed by atoms with E-state index in [0.717, 1.165) is 51.4 Å². The molecule has 1 unspecified atom stereocenters. The van der Waals surface area contributed by atoms with Crippen LogP contribution in [0.4, 0.5) is 0 Å². The van der Waals surface area contributed by atoms with E-state index in [4.69, 9.17) is 9.84 Å². The van der Waals surface area contributed by atoms with E-state index >= 15 is 0 Å². The van der Waals surface area contributed by atoms with Crippen molar-refractivity contribution in [3.8, 4) is 0 Å². The minimum Gasteiger partial charge on any atom is -0.481 e. The summed E-state index contributed by atoms with van der Waals surface area (Å²) in [5.74, 6) is -0.797. The summed E-state index contributed by atoms with van der Waals surface area (Å²) in [6.07, 6.45) is 36.2. The fraction of sp³-hybridized carbons (Fsp3) is 0.824. The number of hydrogen-bond acceptors (Lipinski definition) is 3. The van der Waals surface area contributed by atoms with Crippen LogP contribution in [0.5, 0.6) is 0 Å². The number of hydrogen-bond donors (Lipinski definition) is 1. The maximum Gasteiger partial charge on any atom is 0.306 e. The molecular weight excluding hydrogens is 472 g/mol. The van der Waals surface area contributed by atoms with E-state index in [1.165, 1.54) is 96.3 Å². The number of carboxylic acids is 1. The van der Waals surface area contributed by atoms with Gasteiger partial charge in [0.1, 0.15) is 6.10 Å². The van der Waals surface area contributed by atoms with E-state index in [1.807, 2.05) is 0 Å². The molecule has 0 bridgehead atoms. The first-order valence-electron chi connectivity index (χ1n) is 16.3. The Morgan fingerprint density at radius 2 is 1.03 bits per heavy atom. The first kappa shape index (κ1) is 36.4. The standard InChI is InChI=1S/C34H62O4/c1-3-5-7-9-11-12-13-14-15-16-17-19-21-27-31-34(37)38-32(28-24-20-18-10-8-6-4-2)29-25-22-23-26-30-33(35)36/h13-14,24,28,32H,3-12,15-23,25-27,29-31H2,1-2H3,(H,35,36)/b14-13-,28-24-. The monoisotopic (exact) mass is 534 g/mol. The number of aliphatic carboxylic acids is 1. The fourth-order valence-corrected chi connectivity index (χ4v) is 4.67. The Labute approximate surface area is 236 Å². The van der Waals surface area contributed by atoms with Crippen LogP contribution in [0.3, 0.4) is 0 Å². The SMILES string of the molecule is CCCCCCC/C=C\CCCCCCCC(=O)OC(/C=C\CCCCCCC)CCCCCCC(=O)O. The minimum atomic E-state index is -0.723. The van der Waals surface area contributed by atoms with Gasteiger partial charge < -0.3 is 9.84 Å². The molecule has 4 nitrogen and oxygen atoms in total. The molecule has 4 heteroatoms. The molecule has 0 amide bonds. The molecule has 1 atom stereocenters. The van der Waals surface area contributed by atoms with Crippen LogP contribution in [0.15, 0.2) is 24.3 Å². The maximum atomic E-state index is 12.5. The van der Waals surface area contributed by atoms with Gasteiger partial charge in [0.25, 0.3) is 0 Å². The molecule has 0 aliphatic rings. The summed E-state index contributed by atoms with van der Waals surface area (Å²) >= 11 is 0. The van der Waals surface area contributed by atoms with Gasteiger partial charge in [-0.15, -0.1) is 0 Å². The van der Waals surface area contributed by atoms with Crippen LogP contribution in [-0.2, 0) is 14.3 Å². The summed E-state index contributed by atoms with van der Waals surface area (Å²) in [4.78, 5) is 23.1. The second kappa shape index (κ2) is 30.0. The molecule has 0 aromatic rings. The highest BCUT2D eigenvalue weighted by Crippen LogP contribution is 2.15. The van der Waals surface area contributed by atoms with Crippen LogP contribution >= 0.6 is 0 Å². The number of ether oxygens (including phenoxy) is 1. The topological polar surface area (TPSA) is 63.6 Å². The Balaban J connectivity index is 4.02. The maximum absolute atomic E-state index is 12.5. The number of esters is 1. The van der Waals surface area contributed by atoms with E-state index in [1.54, 1.807) is 0 Å². The molecule has 0 aliphatic heterocycles. The lowest BCUT2D eigenvalue weighted by Crippen LogP contribution is -2.16. The first-order valence-corrected chi connectivity index (χ1v) is 16.3. The lowest BCUT2D eigenvalue weighted by atomic mass is 10.1. The lowest BCUT2D eigenvalue weighted by Gasteiger charge is -2.15. The second-order valence-corrected chi connectivity index (χ2v) is 11.0. The molecule has 222 valence electrons. The minimum absolute atomic E-state index is 0.0738. The molecule has 0 aliphatic carbocycles. The van der Waals surface area contributed by atoms with Crippen molar-refractivity contribution in [3.05, 3.63) is 24.3 Å². The molecule has 1 N–H and O–H groups in total. The van der Waals surface area contributed by atoms with Crippen molar-refractivity contribution in [1.29, 1.82) is 0 Å². The molecule has 0 spiro atoms. The largest absolute Gasteiger partial charge is 0.481 e. The van der Waals surface area contributed by atoms with Gasteiger partial charge in [-0.05, 0) is 70.3 Å². The van der Waals surface area contributed by atoms with Gasteiger partial charge in [0, 0.05) is 12.8 Å². The Morgan fingerprint density at radius 3 is 1.58 bits per heavy atom. The molecule has 0 heterocycles. The van der Waals surface area contributed by atoms with Gasteiger partial charge in [0.05, 0.1) is 0 Å². The van der Waals surface area contributed by atoms with E-state index in [0.29, 0.717) is 6.42 Å². The van der Waals surface area contributed by atoms with Crippen molar-refractivity contribution in [2.24, 2.45) is 0 Å². The van der Waals surface area contributed by atoms with Crippen LogP contribution < -0.4 is 0 Å². The van der Waals surface area contributed by atoms with Crippen molar-refractivity contribution in [2.75, 3.05) is 0 Å². The van der Waals surface area contributed by atoms with Gasteiger partial charge in [-0.1, -0.05) is 116 Å². The molecule has 0 saturated heterocycles. The van der Waals surface area contributed by atoms with E-state index in [2.05, 4.69) is 38.2 Å². The van der Waals surface area contributed by atoms with Gasteiger partial charge in [0.2, 0.25) is 0 Å². The van der Waals surface area contributed by atoms with Crippen LogP contribution in [0.1, 0.15) is 174 Å². The van der Waals surface area contributed by atoms with Gasteiger partial charge in [-0.3, -0.25) is 9.59 Å². The zero-order valence-corrected chi connectivity index (χ0v) is 25.2. The summed E-state index contributed by atoms with van der Waals surface area (Å²) in [6, 6.07) is 0. The fourth-order valence-electron chi connectivity index (χ4n) is 4.67. The molecule has 0 saturated carbocycles. The van der Waals surface area contributed by atoms with Gasteiger partial charge in [-0.2, -0.15) is 0 Å². The summed E-state index contributed by atoms with van der Waals surface area (Å²) in [7, 11) is 0. The molecule has 0 aromatic carbocycles. The molecule has 0 rings (SSSR count). The molecular formula is C34H62O4. The van der Waals surface area contributed by atoms with Gasteiger partial charge >= 0.3 is 11.9 Å². The van der Waals surface area contributed by atoms with Gasteiger partial charge in [-0.25, -0.2) is 0 Å². The number of carbonyl (C=O) groups excluding carboxylic acids is 1. The van der Waals surface area contributed by atoms with Crippen molar-refractivity contribution < 1.29 is 19.4 Å². The van der Waals surface area contributed by atoms with Crippen LogP contribution in [0.25, 0.3) is 0 Å². The van der Waals surface area contributed by atoms with E-state index in [-0.39, 0.29) is 18.5 Å². The molecule has 0 radical (unpaired) electrons. The lowest BCUT2D eigenvalue weighted by molar-refractivity contribution is -0.147. The Bertz CT molecular complexity index is 581. The average molecular weight is 535 g/mol. The van der Waals surface area contributed by atoms with Crippen molar-refractivity contribution in [2.45, 2.75) is 180 Å². The Morgan fingerprint density at radius 1 is 0.579 bits per heavy atom. The van der Waals surface area contributed by atoms with Crippen LogP contribution in [0, 0.1) is 0 Å². The van der Waals surface area contributed by atoms with Crippen molar-refractivity contribution in [1.82, 2.24) is 0 Å². The Hall–Kier alpha value is -1.58. The van der Waals surface area contributed by atoms with Crippen LogP contribution in [0.2, 0.25) is 0 Å². The first-order chi connectivity index (χ1) is 18.6. The number of carboxylic acid groups (broad SMARTS) is 1. The summed E-state index contributed by atoms with van der Waals surface area (Å²) in [6.45, 7) is 4.49. The number of carbonyl (C=O) groups is 2. The molecule has 0 aromatic heterocycles. The second-order valence-electron chi connectivity index (χ2n) is 11.0. The third-order valence-electron chi connectivity index (χ3n) is 7.13. The van der Waals surface area contributed by atoms with E-state index < -0.39 is 5.97 Å². The third kappa shape index (κ3) is 29.0. The van der Waals surface area contributed by atoms with Crippen LogP contribution in [-0.4, -0.2) is 23.1 Å². The average Bonchev–Trinajstić information content (AvgIpc) is 2.89. The predicted octanol–water partition coefficient (Wildman–Crippen LogP) is 10.9. The summed E-state index contributed by atoms with van der Waals surface area (Å²) in [5, 5.41) is 8.78. The number of unbranched alkanes of at least 4 members (excludes halogenated alkanes) is 18. The van der Waals surface area contributed by atoms with Crippen molar-refractivity contribution >= 4 is 11.9 Å². The zero-order chi connectivity index (χ0) is 27.9. The Kier molecular flexibility index (Phi) is 28.7. The summed E-state index contributed by atoms with van der Waals surface area (Å²) < 4.78 is 5.82.